The Bertz CT molecular complexity index is 2930. The SMILES string of the molecule is CCCCCCCCCCc1c(-c2ccc(C)s2)sc(-c2ccc(-c3ccc(C)cc3)s2)c1CCCCCCCCCC.CCCCCCCc1c(-c2ccc(C)s2)sc(-c2ccc(-c3ccc(C)cc3)s2)c1CCCCCCC. The van der Waals surface area contributed by atoms with Crippen LogP contribution in [0.2, 0.25) is 0 Å². The van der Waals surface area contributed by atoms with Gasteiger partial charge in [0, 0.05) is 58.5 Å². The van der Waals surface area contributed by atoms with E-state index >= 15 is 0 Å². The maximum Gasteiger partial charge on any atom is 0.0484 e. The number of rotatable bonds is 36. The van der Waals surface area contributed by atoms with Crippen molar-refractivity contribution < 1.29 is 0 Å². The molecule has 0 amide bonds. The molecule has 0 saturated heterocycles. The van der Waals surface area contributed by atoms with Gasteiger partial charge in [-0.05, 0) is 161 Å². The summed E-state index contributed by atoms with van der Waals surface area (Å²) in [7, 11) is 0. The summed E-state index contributed by atoms with van der Waals surface area (Å²) in [5.41, 5.74) is 12.0. The summed E-state index contributed by atoms with van der Waals surface area (Å²) in [5, 5.41) is 0. The van der Waals surface area contributed by atoms with Gasteiger partial charge in [0.1, 0.15) is 0 Å². The molecule has 0 bridgehead atoms. The first-order valence-electron chi connectivity index (χ1n) is 32.0. The summed E-state index contributed by atoms with van der Waals surface area (Å²) >= 11 is 12.1. The molecule has 80 heavy (non-hydrogen) atoms. The standard InChI is InChI=1S/C40H56S3.C34H44S3/c1-5-7-9-11-13-15-17-19-21-34-35(22-20-18-16-14-12-10-8-6-2)40(43-39(34)37-28-25-32(4)41-37)38-30-29-36(42-38)33-26-23-31(3)24-27-33;1-5-7-9-11-13-15-28-29(16-14-12-10-8-6-2)34(37-33(28)31-22-19-26(4)35-31)32-24-23-30(36-32)27-20-17-25(3)18-21-27/h23-30H,5-22H2,1-4H3;17-24H,5-16H2,1-4H3. The molecule has 0 atom stereocenters. The lowest BCUT2D eigenvalue weighted by Gasteiger charge is -2.10. The fourth-order valence-electron chi connectivity index (χ4n) is 11.3. The van der Waals surface area contributed by atoms with Crippen molar-refractivity contribution in [2.75, 3.05) is 0 Å². The first-order valence-corrected chi connectivity index (χ1v) is 36.9. The quantitative estimate of drug-likeness (QED) is 0.0343. The van der Waals surface area contributed by atoms with Crippen LogP contribution >= 0.6 is 68.0 Å². The maximum absolute atomic E-state index is 2.41. The molecule has 0 aliphatic heterocycles. The molecule has 0 unspecified atom stereocenters. The number of hydrogen-bond donors (Lipinski definition) is 0. The van der Waals surface area contributed by atoms with Gasteiger partial charge in [0.25, 0.3) is 0 Å². The Morgan fingerprint density at radius 2 is 0.463 bits per heavy atom. The van der Waals surface area contributed by atoms with Crippen LogP contribution in [0.3, 0.4) is 0 Å². The van der Waals surface area contributed by atoms with E-state index in [0.29, 0.717) is 0 Å². The molecule has 0 nitrogen and oxygen atoms in total. The van der Waals surface area contributed by atoms with Gasteiger partial charge in [-0.15, -0.1) is 68.0 Å². The molecule has 6 heteroatoms. The third kappa shape index (κ3) is 19.9. The number of unbranched alkanes of at least 4 members (excludes halogenated alkanes) is 22. The van der Waals surface area contributed by atoms with Gasteiger partial charge in [-0.2, -0.15) is 0 Å². The predicted octanol–water partition coefficient (Wildman–Crippen LogP) is 27.4. The average Bonchev–Trinajstić information content (AvgIpc) is 4.36. The minimum Gasteiger partial charge on any atom is -0.140 e. The van der Waals surface area contributed by atoms with E-state index in [0.717, 1.165) is 0 Å². The highest BCUT2D eigenvalue weighted by atomic mass is 32.1. The minimum absolute atomic E-state index is 1.22. The van der Waals surface area contributed by atoms with E-state index in [1.165, 1.54) is 254 Å². The largest absolute Gasteiger partial charge is 0.140 e. The molecule has 0 aliphatic carbocycles. The summed E-state index contributed by atoms with van der Waals surface area (Å²) in [6.07, 6.45) is 40.5. The Labute approximate surface area is 512 Å². The van der Waals surface area contributed by atoms with Crippen LogP contribution in [0.4, 0.5) is 0 Å². The Hall–Kier alpha value is -3.36. The topological polar surface area (TPSA) is 0 Å². The van der Waals surface area contributed by atoms with Crippen LogP contribution in [-0.4, -0.2) is 0 Å². The lowest BCUT2D eigenvalue weighted by Crippen LogP contribution is -1.95. The van der Waals surface area contributed by atoms with Crippen molar-refractivity contribution in [2.24, 2.45) is 0 Å². The molecule has 0 spiro atoms. The normalized spacial score (nSPS) is 11.5. The summed E-state index contributed by atoms with van der Waals surface area (Å²) in [6.45, 7) is 18.1. The Balaban J connectivity index is 0.000000234. The zero-order valence-electron chi connectivity index (χ0n) is 50.9. The Kier molecular flexibility index (Phi) is 28.7. The molecule has 0 saturated carbocycles. The van der Waals surface area contributed by atoms with E-state index in [4.69, 9.17) is 0 Å². The monoisotopic (exact) mass is 1180 g/mol. The van der Waals surface area contributed by atoms with Crippen LogP contribution in [0.15, 0.2) is 97.1 Å². The molecule has 8 rings (SSSR count). The zero-order chi connectivity index (χ0) is 56.3. The second kappa shape index (κ2) is 35.7. The van der Waals surface area contributed by atoms with Gasteiger partial charge in [0.15, 0.2) is 0 Å². The van der Waals surface area contributed by atoms with Crippen molar-refractivity contribution in [2.45, 2.75) is 248 Å². The van der Waals surface area contributed by atoms with Crippen LogP contribution < -0.4 is 0 Å². The van der Waals surface area contributed by atoms with Crippen molar-refractivity contribution in [3.8, 4) is 59.9 Å². The molecule has 2 aromatic carbocycles. The Morgan fingerprint density at radius 3 is 0.725 bits per heavy atom. The van der Waals surface area contributed by atoms with Crippen LogP contribution in [0.5, 0.6) is 0 Å². The molecule has 0 aliphatic rings. The van der Waals surface area contributed by atoms with Crippen molar-refractivity contribution in [3.63, 3.8) is 0 Å². The summed E-state index contributed by atoms with van der Waals surface area (Å²) in [4.78, 5) is 17.7. The van der Waals surface area contributed by atoms with E-state index < -0.39 is 0 Å². The van der Waals surface area contributed by atoms with Gasteiger partial charge < -0.3 is 0 Å². The van der Waals surface area contributed by atoms with Crippen molar-refractivity contribution >= 4 is 68.0 Å². The van der Waals surface area contributed by atoms with Crippen molar-refractivity contribution in [1.82, 2.24) is 0 Å². The van der Waals surface area contributed by atoms with Gasteiger partial charge in [-0.25, -0.2) is 0 Å². The summed E-state index contributed by atoms with van der Waals surface area (Å²) < 4.78 is 0. The molecule has 0 fully saturated rings. The molecule has 0 N–H and O–H groups in total. The predicted molar refractivity (Wildman–Crippen MR) is 369 cm³/mol. The molecule has 0 radical (unpaired) electrons. The Morgan fingerprint density at radius 1 is 0.225 bits per heavy atom. The molecule has 6 aromatic heterocycles. The molecule has 6 heterocycles. The van der Waals surface area contributed by atoms with E-state index in [-0.39, 0.29) is 0 Å². The van der Waals surface area contributed by atoms with Gasteiger partial charge >= 0.3 is 0 Å². The van der Waals surface area contributed by atoms with Crippen LogP contribution in [0.25, 0.3) is 59.9 Å². The zero-order valence-corrected chi connectivity index (χ0v) is 55.8. The van der Waals surface area contributed by atoms with Crippen LogP contribution in [-0.2, 0) is 25.7 Å². The van der Waals surface area contributed by atoms with E-state index in [2.05, 4.69) is 175 Å². The molecule has 432 valence electrons. The van der Waals surface area contributed by atoms with Gasteiger partial charge in [0.05, 0.1) is 0 Å². The summed E-state index contributed by atoms with van der Waals surface area (Å²) in [5.74, 6) is 0. The van der Waals surface area contributed by atoms with Crippen LogP contribution in [0, 0.1) is 27.7 Å². The lowest BCUT2D eigenvalue weighted by molar-refractivity contribution is 0.571. The van der Waals surface area contributed by atoms with Crippen molar-refractivity contribution in [1.29, 1.82) is 0 Å². The second-order valence-electron chi connectivity index (χ2n) is 23.1. The third-order valence-electron chi connectivity index (χ3n) is 16.1. The molecule has 8 aromatic rings. The van der Waals surface area contributed by atoms with Gasteiger partial charge in [-0.3, -0.25) is 0 Å². The van der Waals surface area contributed by atoms with Crippen LogP contribution in [0.1, 0.15) is 238 Å². The number of benzene rings is 2. The highest BCUT2D eigenvalue weighted by molar-refractivity contribution is 7.28. The van der Waals surface area contributed by atoms with Crippen molar-refractivity contribution in [3.05, 3.63) is 140 Å². The van der Waals surface area contributed by atoms with E-state index in [1.54, 1.807) is 41.8 Å². The first-order chi connectivity index (χ1) is 39.2. The number of thiophene rings is 6. The number of aryl methyl sites for hydroxylation is 4. The second-order valence-corrected chi connectivity index (χ2v) is 29.9. The first kappa shape index (κ1) is 64.2. The van der Waals surface area contributed by atoms with E-state index in [9.17, 15) is 0 Å². The van der Waals surface area contributed by atoms with E-state index in [1.807, 2.05) is 45.3 Å². The van der Waals surface area contributed by atoms with Gasteiger partial charge in [-0.1, -0.05) is 229 Å². The average molecular weight is 1180 g/mol. The minimum atomic E-state index is 1.22. The third-order valence-corrected chi connectivity index (χ3v) is 23.7. The maximum atomic E-state index is 2.41. The smallest absolute Gasteiger partial charge is 0.0484 e. The van der Waals surface area contributed by atoms with Gasteiger partial charge in [0.2, 0.25) is 0 Å². The summed E-state index contributed by atoms with van der Waals surface area (Å²) in [6, 6.07) is 36.9. The lowest BCUT2D eigenvalue weighted by atomic mass is 9.95. The highest BCUT2D eigenvalue weighted by Crippen LogP contribution is 2.50. The fourth-order valence-corrected chi connectivity index (χ4v) is 18.4. The molecular formula is C74H100S6. The fraction of sp³-hybridized carbons (Fsp3) is 0.514. The highest BCUT2D eigenvalue weighted by Gasteiger charge is 2.24. The molecular weight excluding hydrogens is 1080 g/mol. The number of hydrogen-bond acceptors (Lipinski definition) is 6.